The van der Waals surface area contributed by atoms with Gasteiger partial charge in [-0.3, -0.25) is 0 Å². The number of para-hydroxylation sites is 2. The molecule has 1 aliphatic rings. The molecule has 1 aliphatic heterocycles. The van der Waals surface area contributed by atoms with Crippen molar-refractivity contribution in [1.29, 1.82) is 0 Å². The minimum Gasteiger partial charge on any atom is -0.485 e. The lowest BCUT2D eigenvalue weighted by Gasteiger charge is -2.23. The fraction of sp³-hybridized carbons (Fsp3) is 0.375. The Morgan fingerprint density at radius 3 is 2.96 bits per heavy atom. The summed E-state index contributed by atoms with van der Waals surface area (Å²) in [6.45, 7) is 2.39. The second kappa shape index (κ2) is 7.14. The normalized spacial score (nSPS) is 16.1. The van der Waals surface area contributed by atoms with E-state index in [0.29, 0.717) is 46.7 Å². The van der Waals surface area contributed by atoms with E-state index in [1.165, 1.54) is 11.8 Å². The molecule has 130 valence electrons. The largest absolute Gasteiger partial charge is 0.485 e. The molecular formula is C16H16N4O4S. The molecule has 0 amide bonds. The lowest BCUT2D eigenvalue weighted by atomic mass is 10.2. The number of hydrogen-bond donors (Lipinski definition) is 0. The number of ether oxygens (including phenoxy) is 2. The zero-order valence-corrected chi connectivity index (χ0v) is 14.4. The predicted molar refractivity (Wildman–Crippen MR) is 87.5 cm³/mol. The fourth-order valence-corrected chi connectivity index (χ4v) is 2.95. The highest BCUT2D eigenvalue weighted by Gasteiger charge is 2.27. The first-order valence-corrected chi connectivity index (χ1v) is 8.96. The number of nitrogens with zero attached hydrogens (tertiary/aromatic N) is 4. The molecule has 0 fully saturated rings. The summed E-state index contributed by atoms with van der Waals surface area (Å²) in [4.78, 5) is 4.30. The van der Waals surface area contributed by atoms with Gasteiger partial charge in [0.15, 0.2) is 17.3 Å². The SMILES string of the molecule is CCCc1nc(CSc2nnc([C@@H]3COc4ccccc4O3)o2)no1. The van der Waals surface area contributed by atoms with Crippen LogP contribution in [0.4, 0.5) is 0 Å². The monoisotopic (exact) mass is 360 g/mol. The van der Waals surface area contributed by atoms with Crippen LogP contribution in [-0.4, -0.2) is 26.9 Å². The van der Waals surface area contributed by atoms with Crippen LogP contribution in [0, 0.1) is 0 Å². The number of aromatic nitrogens is 4. The summed E-state index contributed by atoms with van der Waals surface area (Å²) in [5.74, 6) is 3.53. The number of hydrogen-bond acceptors (Lipinski definition) is 9. The molecule has 2 aromatic heterocycles. The van der Waals surface area contributed by atoms with E-state index in [2.05, 4.69) is 27.3 Å². The molecular weight excluding hydrogens is 344 g/mol. The number of fused-ring (bicyclic) bond motifs is 1. The maximum atomic E-state index is 5.85. The first-order valence-electron chi connectivity index (χ1n) is 7.98. The zero-order chi connectivity index (χ0) is 17.1. The number of thioether (sulfide) groups is 1. The second-order valence-electron chi connectivity index (χ2n) is 5.41. The van der Waals surface area contributed by atoms with Crippen molar-refractivity contribution in [3.63, 3.8) is 0 Å². The first-order chi connectivity index (χ1) is 12.3. The standard InChI is InChI=1S/C16H16N4O4S/c1-2-5-14-17-13(20-24-14)9-25-16-19-18-15(23-16)12-8-21-10-6-3-4-7-11(10)22-12/h3-4,6-7,12H,2,5,8-9H2,1H3/t12-/m0/s1. The van der Waals surface area contributed by atoms with Gasteiger partial charge in [0.25, 0.3) is 11.1 Å². The van der Waals surface area contributed by atoms with Crippen LogP contribution in [0.1, 0.15) is 37.1 Å². The summed E-state index contributed by atoms with van der Waals surface area (Å²) in [6.07, 6.45) is 1.33. The molecule has 3 heterocycles. The fourth-order valence-electron chi connectivity index (χ4n) is 2.34. The van der Waals surface area contributed by atoms with Gasteiger partial charge in [0.1, 0.15) is 6.61 Å². The highest BCUT2D eigenvalue weighted by Crippen LogP contribution is 2.36. The highest BCUT2D eigenvalue weighted by molar-refractivity contribution is 7.98. The van der Waals surface area contributed by atoms with Crippen LogP contribution in [0.5, 0.6) is 11.5 Å². The van der Waals surface area contributed by atoms with Crippen LogP contribution >= 0.6 is 11.8 Å². The zero-order valence-electron chi connectivity index (χ0n) is 13.5. The summed E-state index contributed by atoms with van der Waals surface area (Å²) in [5.41, 5.74) is 0. The van der Waals surface area contributed by atoms with Gasteiger partial charge in [-0.1, -0.05) is 36.0 Å². The Balaban J connectivity index is 1.37. The van der Waals surface area contributed by atoms with Gasteiger partial charge in [-0.2, -0.15) is 4.98 Å². The van der Waals surface area contributed by atoms with Gasteiger partial charge < -0.3 is 18.4 Å². The van der Waals surface area contributed by atoms with E-state index in [1.807, 2.05) is 24.3 Å². The van der Waals surface area contributed by atoms with Gasteiger partial charge in [0.2, 0.25) is 12.0 Å². The third-order valence-corrected chi connectivity index (χ3v) is 4.32. The molecule has 0 saturated heterocycles. The average Bonchev–Trinajstić information content (AvgIpc) is 3.29. The number of aryl methyl sites for hydroxylation is 1. The van der Waals surface area contributed by atoms with Crippen LogP contribution < -0.4 is 9.47 Å². The van der Waals surface area contributed by atoms with Crippen molar-refractivity contribution in [3.05, 3.63) is 41.9 Å². The van der Waals surface area contributed by atoms with Gasteiger partial charge in [0, 0.05) is 6.42 Å². The molecule has 0 spiro atoms. The van der Waals surface area contributed by atoms with Crippen molar-refractivity contribution in [1.82, 2.24) is 20.3 Å². The Hall–Kier alpha value is -2.55. The van der Waals surface area contributed by atoms with E-state index in [1.54, 1.807) is 0 Å². The minimum atomic E-state index is -0.418. The van der Waals surface area contributed by atoms with E-state index in [0.717, 1.165) is 12.8 Å². The number of benzene rings is 1. The van der Waals surface area contributed by atoms with Gasteiger partial charge in [0.05, 0.1) is 5.75 Å². The summed E-state index contributed by atoms with van der Waals surface area (Å²) < 4.78 is 22.3. The molecule has 0 saturated carbocycles. The molecule has 1 atom stereocenters. The number of rotatable bonds is 6. The predicted octanol–water partition coefficient (Wildman–Crippen LogP) is 3.21. The Kier molecular flexibility index (Phi) is 4.55. The molecule has 0 bridgehead atoms. The summed E-state index contributed by atoms with van der Waals surface area (Å²) >= 11 is 1.35. The van der Waals surface area contributed by atoms with E-state index in [9.17, 15) is 0 Å². The molecule has 0 radical (unpaired) electrons. The van der Waals surface area contributed by atoms with E-state index < -0.39 is 6.10 Å². The van der Waals surface area contributed by atoms with E-state index in [4.69, 9.17) is 18.4 Å². The molecule has 4 rings (SSSR count). The van der Waals surface area contributed by atoms with Gasteiger partial charge in [-0.05, 0) is 18.6 Å². The molecule has 3 aromatic rings. The van der Waals surface area contributed by atoms with Crippen LogP contribution in [-0.2, 0) is 12.2 Å². The Morgan fingerprint density at radius 2 is 2.08 bits per heavy atom. The molecule has 8 nitrogen and oxygen atoms in total. The molecule has 25 heavy (non-hydrogen) atoms. The van der Waals surface area contributed by atoms with Gasteiger partial charge in [-0.25, -0.2) is 0 Å². The van der Waals surface area contributed by atoms with Crippen LogP contribution in [0.2, 0.25) is 0 Å². The van der Waals surface area contributed by atoms with Crippen LogP contribution in [0.15, 0.2) is 38.4 Å². The summed E-state index contributed by atoms with van der Waals surface area (Å²) in [5, 5.41) is 12.4. The molecule has 0 aliphatic carbocycles. The smallest absolute Gasteiger partial charge is 0.277 e. The first kappa shape index (κ1) is 15.9. The van der Waals surface area contributed by atoms with Crippen molar-refractivity contribution in [2.45, 2.75) is 36.8 Å². The van der Waals surface area contributed by atoms with Crippen molar-refractivity contribution in [2.24, 2.45) is 0 Å². The van der Waals surface area contributed by atoms with E-state index >= 15 is 0 Å². The molecule has 1 aromatic carbocycles. The average molecular weight is 360 g/mol. The topological polar surface area (TPSA) is 96.3 Å². The Labute approximate surface area is 147 Å². The van der Waals surface area contributed by atoms with Gasteiger partial charge >= 0.3 is 0 Å². The maximum absolute atomic E-state index is 5.85. The third-order valence-electron chi connectivity index (χ3n) is 3.50. The quantitative estimate of drug-likeness (QED) is 0.614. The summed E-state index contributed by atoms with van der Waals surface area (Å²) in [7, 11) is 0. The Morgan fingerprint density at radius 1 is 1.20 bits per heavy atom. The van der Waals surface area contributed by atoms with E-state index in [-0.39, 0.29) is 0 Å². The second-order valence-corrected chi connectivity index (χ2v) is 6.34. The van der Waals surface area contributed by atoms with Crippen molar-refractivity contribution >= 4 is 11.8 Å². The van der Waals surface area contributed by atoms with Crippen molar-refractivity contribution in [3.8, 4) is 11.5 Å². The lowest BCUT2D eigenvalue weighted by Crippen LogP contribution is -2.21. The Bertz CT molecular complexity index is 850. The highest BCUT2D eigenvalue weighted by atomic mass is 32.2. The van der Waals surface area contributed by atoms with Gasteiger partial charge in [-0.15, -0.1) is 10.2 Å². The lowest BCUT2D eigenvalue weighted by molar-refractivity contribution is 0.0686. The van der Waals surface area contributed by atoms with Crippen molar-refractivity contribution in [2.75, 3.05) is 6.61 Å². The van der Waals surface area contributed by atoms with Crippen LogP contribution in [0.3, 0.4) is 0 Å². The molecule has 9 heteroatoms. The van der Waals surface area contributed by atoms with Crippen molar-refractivity contribution < 1.29 is 18.4 Å². The third kappa shape index (κ3) is 3.60. The van der Waals surface area contributed by atoms with Crippen LogP contribution in [0.25, 0.3) is 0 Å². The molecule has 0 N–H and O–H groups in total. The summed E-state index contributed by atoms with van der Waals surface area (Å²) in [6, 6.07) is 7.49. The minimum absolute atomic E-state index is 0.328. The maximum Gasteiger partial charge on any atom is 0.277 e. The molecule has 0 unspecified atom stereocenters.